The van der Waals surface area contributed by atoms with E-state index in [9.17, 15) is 0 Å². The van der Waals surface area contributed by atoms with Crippen LogP contribution in [0.5, 0.6) is 0 Å². The van der Waals surface area contributed by atoms with Gasteiger partial charge in [-0.1, -0.05) is 194 Å². The molecule has 0 atom stereocenters. The first-order valence-corrected chi connectivity index (χ1v) is 24.6. The summed E-state index contributed by atoms with van der Waals surface area (Å²) in [6.07, 6.45) is 0. The van der Waals surface area contributed by atoms with Crippen LogP contribution in [0.15, 0.2) is 247 Å². The molecule has 1 aromatic heterocycles. The summed E-state index contributed by atoms with van der Waals surface area (Å²) in [6, 6.07) is 90.0. The molecule has 0 amide bonds. The van der Waals surface area contributed by atoms with Crippen molar-refractivity contribution in [2.45, 2.75) is 12.3 Å². The molecule has 11 aromatic rings. The third kappa shape index (κ3) is 5.52. The van der Waals surface area contributed by atoms with Crippen molar-refractivity contribution in [3.05, 3.63) is 259 Å². The number of hydrogen-bond acceptors (Lipinski definition) is 2. The molecule has 0 bridgehead atoms. The summed E-state index contributed by atoms with van der Waals surface area (Å²) in [5, 5.41) is 7.93. The molecule has 1 aliphatic heterocycles. The van der Waals surface area contributed by atoms with Crippen LogP contribution in [0, 0.1) is 0 Å². The Morgan fingerprint density at radius 1 is 0.369 bits per heavy atom. The van der Waals surface area contributed by atoms with E-state index in [1.54, 1.807) is 0 Å². The van der Waals surface area contributed by atoms with Gasteiger partial charge in [-0.25, -0.2) is 0 Å². The maximum absolute atomic E-state index is 6.33. The lowest BCUT2D eigenvalue weighted by Gasteiger charge is -2.32. The quantitative estimate of drug-likeness (QED) is 0.149. The maximum Gasteiger partial charge on any atom is 0.180 e. The van der Waals surface area contributed by atoms with Crippen molar-refractivity contribution in [2.24, 2.45) is 0 Å². The van der Waals surface area contributed by atoms with Gasteiger partial charge in [0.2, 0.25) is 0 Å². The molecule has 0 unspecified atom stereocenters. The Morgan fingerprint density at radius 2 is 0.923 bits per heavy atom. The lowest BCUT2D eigenvalue weighted by molar-refractivity contribution is 0.669. The van der Waals surface area contributed by atoms with Crippen LogP contribution in [0.2, 0.25) is 0 Å². The summed E-state index contributed by atoms with van der Waals surface area (Å²) in [7, 11) is -2.63. The van der Waals surface area contributed by atoms with Crippen LogP contribution in [0.4, 0.5) is 17.1 Å². The van der Waals surface area contributed by atoms with Crippen LogP contribution in [0.1, 0.15) is 23.6 Å². The molecule has 1 aliphatic carbocycles. The molecule has 2 heterocycles. The highest BCUT2D eigenvalue weighted by Gasteiger charge is 2.48. The number of hydrogen-bond donors (Lipinski definition) is 0. The number of furan rings is 1. The van der Waals surface area contributed by atoms with Gasteiger partial charge in [-0.2, -0.15) is 0 Å². The van der Waals surface area contributed by atoms with Crippen LogP contribution < -0.4 is 25.6 Å². The lowest BCUT2D eigenvalue weighted by Crippen LogP contribution is -2.72. The predicted octanol–water partition coefficient (Wildman–Crippen LogP) is 13.4. The predicted molar refractivity (Wildman–Crippen MR) is 274 cm³/mol. The second-order valence-corrected chi connectivity index (χ2v) is 21.4. The standard InChI is InChI=1S/C62H43NOSi/c1-62(56-28-10-5-23-50(56)51-24-6-11-29-57(51)62)44-18-16-19-46(40-44)63(47-37-38-59-55(41-47)52-25-7-12-30-58(52)64-59)45-35-33-42(34-36-45)43-17-15-22-49(39-43)65(48-20-3-2-4-21-48)60-31-13-8-26-53(60)54-27-9-14-32-61(54)65/h2-41H,1H3. The van der Waals surface area contributed by atoms with Gasteiger partial charge < -0.3 is 9.32 Å². The van der Waals surface area contributed by atoms with Crippen molar-refractivity contribution < 1.29 is 4.42 Å². The molecular formula is C62H43NOSi. The number of nitrogens with zero attached hydrogens (tertiary/aromatic N) is 1. The van der Waals surface area contributed by atoms with Gasteiger partial charge in [0, 0.05) is 33.2 Å². The second-order valence-electron chi connectivity index (χ2n) is 17.7. The minimum atomic E-state index is -2.63. The van der Waals surface area contributed by atoms with Crippen LogP contribution in [-0.4, -0.2) is 8.07 Å². The Morgan fingerprint density at radius 3 is 1.65 bits per heavy atom. The molecule has 3 heteroatoms. The van der Waals surface area contributed by atoms with Gasteiger partial charge in [0.15, 0.2) is 8.07 Å². The molecule has 0 radical (unpaired) electrons. The summed E-state index contributed by atoms with van der Waals surface area (Å²) in [4.78, 5) is 2.41. The van der Waals surface area contributed by atoms with Gasteiger partial charge in [0.05, 0.1) is 0 Å². The SMILES string of the molecule is CC1(c2cccc(N(c3ccc(-c4cccc([Si]5(c6ccccc6)c6ccccc6-c6ccccc65)c4)cc3)c3ccc4oc5ccccc5c4c3)c2)c2ccccc2-c2ccccc21. The molecule has 0 fully saturated rings. The minimum absolute atomic E-state index is 0.324. The number of para-hydroxylation sites is 1. The molecule has 306 valence electrons. The average Bonchev–Trinajstić information content (AvgIpc) is 3.99. The van der Waals surface area contributed by atoms with E-state index in [0.29, 0.717) is 0 Å². The van der Waals surface area contributed by atoms with Crippen molar-refractivity contribution in [1.29, 1.82) is 0 Å². The Kier molecular flexibility index (Phi) is 8.40. The van der Waals surface area contributed by atoms with Gasteiger partial charge in [0.1, 0.15) is 11.2 Å². The molecule has 0 spiro atoms. The third-order valence-corrected chi connectivity index (χ3v) is 19.3. The molecule has 0 saturated heterocycles. The molecule has 0 N–H and O–H groups in total. The van der Waals surface area contributed by atoms with E-state index in [2.05, 4.69) is 248 Å². The Bertz CT molecular complexity index is 3550. The van der Waals surface area contributed by atoms with E-state index in [-0.39, 0.29) is 5.41 Å². The van der Waals surface area contributed by atoms with E-state index >= 15 is 0 Å². The zero-order valence-corrected chi connectivity index (χ0v) is 36.9. The summed E-state index contributed by atoms with van der Waals surface area (Å²) in [5.41, 5.74) is 16.4. The summed E-state index contributed by atoms with van der Waals surface area (Å²) in [5.74, 6) is 0. The molecule has 10 aromatic carbocycles. The fourth-order valence-corrected chi connectivity index (χ4v) is 16.7. The minimum Gasteiger partial charge on any atom is -0.456 e. The highest BCUT2D eigenvalue weighted by molar-refractivity contribution is 7.22. The lowest BCUT2D eigenvalue weighted by atomic mass is 9.74. The number of rotatable bonds is 7. The summed E-state index contributed by atoms with van der Waals surface area (Å²) in [6.45, 7) is 2.39. The van der Waals surface area contributed by atoms with E-state index in [1.807, 2.05) is 6.07 Å². The first kappa shape index (κ1) is 37.6. The Hall–Kier alpha value is -7.98. The highest BCUT2D eigenvalue weighted by atomic mass is 28.3. The normalized spacial score (nSPS) is 13.9. The second kappa shape index (κ2) is 14.5. The van der Waals surface area contributed by atoms with Crippen LogP contribution in [0.3, 0.4) is 0 Å². The van der Waals surface area contributed by atoms with Gasteiger partial charge in [0.25, 0.3) is 0 Å². The fraction of sp³-hybridized carbons (Fsp3) is 0.0323. The topological polar surface area (TPSA) is 16.4 Å². The van der Waals surface area contributed by atoms with E-state index < -0.39 is 8.07 Å². The molecule has 65 heavy (non-hydrogen) atoms. The van der Waals surface area contributed by atoms with Gasteiger partial charge in [-0.3, -0.25) is 0 Å². The molecule has 0 saturated carbocycles. The van der Waals surface area contributed by atoms with Gasteiger partial charge in [-0.05, 0) is 126 Å². The number of benzene rings is 10. The smallest absolute Gasteiger partial charge is 0.180 e. The molecule has 2 aliphatic rings. The van der Waals surface area contributed by atoms with Crippen molar-refractivity contribution in [3.8, 4) is 33.4 Å². The summed E-state index contributed by atoms with van der Waals surface area (Å²) >= 11 is 0. The third-order valence-electron chi connectivity index (χ3n) is 14.4. The van der Waals surface area contributed by atoms with Crippen molar-refractivity contribution in [2.75, 3.05) is 4.90 Å². The van der Waals surface area contributed by atoms with Crippen molar-refractivity contribution >= 4 is 67.8 Å². The molecule has 2 nitrogen and oxygen atoms in total. The average molecular weight is 846 g/mol. The van der Waals surface area contributed by atoms with Crippen molar-refractivity contribution in [3.63, 3.8) is 0 Å². The highest BCUT2D eigenvalue weighted by Crippen LogP contribution is 2.53. The Labute approximate surface area is 380 Å². The van der Waals surface area contributed by atoms with E-state index in [1.165, 1.54) is 70.8 Å². The van der Waals surface area contributed by atoms with Crippen molar-refractivity contribution in [1.82, 2.24) is 0 Å². The maximum atomic E-state index is 6.33. The Balaban J connectivity index is 0.955. The van der Waals surface area contributed by atoms with Gasteiger partial charge in [-0.15, -0.1) is 0 Å². The molecular weight excluding hydrogens is 803 g/mol. The summed E-state index contributed by atoms with van der Waals surface area (Å²) < 4.78 is 6.33. The van der Waals surface area contributed by atoms with Crippen LogP contribution in [-0.2, 0) is 5.41 Å². The largest absolute Gasteiger partial charge is 0.456 e. The zero-order chi connectivity index (χ0) is 43.1. The molecule has 13 rings (SSSR count). The number of anilines is 3. The number of fused-ring (bicyclic) bond motifs is 9. The zero-order valence-electron chi connectivity index (χ0n) is 35.9. The van der Waals surface area contributed by atoms with Crippen LogP contribution >= 0.6 is 0 Å². The fourth-order valence-electron chi connectivity index (χ4n) is 11.5. The van der Waals surface area contributed by atoms with Crippen LogP contribution in [0.25, 0.3) is 55.3 Å². The first-order chi connectivity index (χ1) is 32.1. The van der Waals surface area contributed by atoms with E-state index in [0.717, 1.165) is 39.0 Å². The first-order valence-electron chi connectivity index (χ1n) is 22.6. The monoisotopic (exact) mass is 845 g/mol. The van der Waals surface area contributed by atoms with E-state index in [4.69, 9.17) is 4.42 Å². The van der Waals surface area contributed by atoms with Gasteiger partial charge >= 0.3 is 0 Å².